The number of benzene rings is 1. The van der Waals surface area contributed by atoms with Crippen molar-refractivity contribution in [3.05, 3.63) is 30.0 Å². The van der Waals surface area contributed by atoms with E-state index in [9.17, 15) is 9.00 Å². The van der Waals surface area contributed by atoms with Crippen LogP contribution in [-0.2, 0) is 10.8 Å². The van der Waals surface area contributed by atoms with Crippen LogP contribution in [0.25, 0.3) is 10.9 Å². The van der Waals surface area contributed by atoms with Crippen molar-refractivity contribution in [1.29, 1.82) is 0 Å². The Kier molecular flexibility index (Phi) is 3.02. The van der Waals surface area contributed by atoms with Crippen molar-refractivity contribution in [2.24, 2.45) is 0 Å². The molecule has 6 heteroatoms. The second-order valence-electron chi connectivity index (χ2n) is 4.65. The van der Waals surface area contributed by atoms with E-state index in [2.05, 4.69) is 4.98 Å². The number of nitrogens with one attached hydrogen (secondary N) is 1. The van der Waals surface area contributed by atoms with Gasteiger partial charge in [0.25, 0.3) is 5.91 Å². The molecule has 1 aromatic carbocycles. The molecule has 0 bridgehead atoms. The lowest BCUT2D eigenvalue weighted by atomic mass is 10.1. The molecule has 2 aromatic rings. The zero-order valence-corrected chi connectivity index (χ0v) is 11.2. The number of hydrogen-bond acceptors (Lipinski definition) is 3. The standard InChI is InChI=1S/C13H15N3O2S/c14-9-1-2-10-11(8-15-12(10)7-9)13(17)16-3-5-19(18)6-4-16/h1-2,7-8,15H,3-6,14H2. The monoisotopic (exact) mass is 277 g/mol. The van der Waals surface area contributed by atoms with Crippen molar-refractivity contribution in [2.75, 3.05) is 30.3 Å². The van der Waals surface area contributed by atoms with Crippen molar-refractivity contribution in [3.8, 4) is 0 Å². The second kappa shape index (κ2) is 4.70. The maximum Gasteiger partial charge on any atom is 0.256 e. The first-order chi connectivity index (χ1) is 9.15. The zero-order chi connectivity index (χ0) is 13.4. The van der Waals surface area contributed by atoms with Crippen LogP contribution in [0.15, 0.2) is 24.4 Å². The number of carbonyl (C=O) groups is 1. The largest absolute Gasteiger partial charge is 0.399 e. The minimum absolute atomic E-state index is 0.00674. The number of aromatic amines is 1. The first-order valence-electron chi connectivity index (χ1n) is 6.16. The zero-order valence-electron chi connectivity index (χ0n) is 10.4. The van der Waals surface area contributed by atoms with Gasteiger partial charge < -0.3 is 15.6 Å². The third kappa shape index (κ3) is 2.23. The predicted molar refractivity (Wildman–Crippen MR) is 76.5 cm³/mol. The summed E-state index contributed by atoms with van der Waals surface area (Å²) in [6.07, 6.45) is 1.72. The average molecular weight is 277 g/mol. The molecule has 0 spiro atoms. The Labute approximate surface area is 113 Å². The van der Waals surface area contributed by atoms with Crippen LogP contribution in [0.3, 0.4) is 0 Å². The van der Waals surface area contributed by atoms with Crippen LogP contribution in [0.1, 0.15) is 10.4 Å². The third-order valence-corrected chi connectivity index (χ3v) is 4.68. The minimum atomic E-state index is -0.773. The van der Waals surface area contributed by atoms with E-state index in [1.165, 1.54) is 0 Å². The number of carbonyl (C=O) groups excluding carboxylic acids is 1. The number of aromatic nitrogens is 1. The van der Waals surface area contributed by atoms with E-state index in [-0.39, 0.29) is 5.91 Å². The maximum absolute atomic E-state index is 12.4. The van der Waals surface area contributed by atoms with Gasteiger partial charge in [0.05, 0.1) is 5.56 Å². The fraction of sp³-hybridized carbons (Fsp3) is 0.308. The van der Waals surface area contributed by atoms with E-state index in [1.807, 2.05) is 12.1 Å². The summed E-state index contributed by atoms with van der Waals surface area (Å²) in [7, 11) is -0.773. The van der Waals surface area contributed by atoms with Crippen LogP contribution in [0.4, 0.5) is 5.69 Å². The number of nitrogens with zero attached hydrogens (tertiary/aromatic N) is 1. The van der Waals surface area contributed by atoms with E-state index < -0.39 is 10.8 Å². The molecule has 1 aromatic heterocycles. The molecule has 0 atom stereocenters. The number of anilines is 1. The van der Waals surface area contributed by atoms with Crippen molar-refractivity contribution in [3.63, 3.8) is 0 Å². The van der Waals surface area contributed by atoms with Gasteiger partial charge in [0.2, 0.25) is 0 Å². The van der Waals surface area contributed by atoms with Crippen LogP contribution in [-0.4, -0.2) is 44.6 Å². The highest BCUT2D eigenvalue weighted by atomic mass is 32.2. The molecule has 3 rings (SSSR count). The first-order valence-corrected chi connectivity index (χ1v) is 7.65. The van der Waals surface area contributed by atoms with Crippen molar-refractivity contribution in [2.45, 2.75) is 0 Å². The molecule has 1 fully saturated rings. The Bertz CT molecular complexity index is 655. The summed E-state index contributed by atoms with van der Waals surface area (Å²) in [5, 5.41) is 0.880. The van der Waals surface area contributed by atoms with Gasteiger partial charge in [-0.1, -0.05) is 0 Å². The van der Waals surface area contributed by atoms with Crippen LogP contribution >= 0.6 is 0 Å². The SMILES string of the molecule is Nc1ccc2c(C(=O)N3CCS(=O)CC3)c[nH]c2c1. The Balaban J connectivity index is 1.91. The van der Waals surface area contributed by atoms with E-state index in [1.54, 1.807) is 17.2 Å². The Hall–Kier alpha value is -1.82. The Morgan fingerprint density at radius 1 is 1.32 bits per heavy atom. The van der Waals surface area contributed by atoms with Crippen molar-refractivity contribution >= 4 is 33.3 Å². The van der Waals surface area contributed by atoms with Crippen LogP contribution in [0.2, 0.25) is 0 Å². The molecule has 3 N–H and O–H groups in total. The molecule has 0 unspecified atom stereocenters. The van der Waals surface area contributed by atoms with Crippen molar-refractivity contribution < 1.29 is 9.00 Å². The molecular formula is C13H15N3O2S. The molecule has 0 aliphatic carbocycles. The molecule has 100 valence electrons. The minimum Gasteiger partial charge on any atom is -0.399 e. The second-order valence-corrected chi connectivity index (χ2v) is 6.34. The van der Waals surface area contributed by atoms with Gasteiger partial charge in [0, 0.05) is 58.2 Å². The fourth-order valence-electron chi connectivity index (χ4n) is 2.33. The van der Waals surface area contributed by atoms with E-state index >= 15 is 0 Å². The molecule has 1 saturated heterocycles. The molecule has 19 heavy (non-hydrogen) atoms. The van der Waals surface area contributed by atoms with Gasteiger partial charge in [-0.05, 0) is 18.2 Å². The average Bonchev–Trinajstić information content (AvgIpc) is 2.81. The molecule has 1 amide bonds. The number of fused-ring (bicyclic) bond motifs is 1. The summed E-state index contributed by atoms with van der Waals surface area (Å²) in [6, 6.07) is 5.46. The summed E-state index contributed by atoms with van der Waals surface area (Å²) in [6.45, 7) is 1.13. The predicted octanol–water partition coefficient (Wildman–Crippen LogP) is 0.955. The van der Waals surface area contributed by atoms with Crippen LogP contribution in [0.5, 0.6) is 0 Å². The lowest BCUT2D eigenvalue weighted by molar-refractivity contribution is 0.0773. The topological polar surface area (TPSA) is 79.2 Å². The Morgan fingerprint density at radius 3 is 2.79 bits per heavy atom. The highest BCUT2D eigenvalue weighted by Gasteiger charge is 2.23. The maximum atomic E-state index is 12.4. The molecule has 1 aliphatic heterocycles. The summed E-state index contributed by atoms with van der Waals surface area (Å²) < 4.78 is 11.3. The highest BCUT2D eigenvalue weighted by molar-refractivity contribution is 7.85. The fourth-order valence-corrected chi connectivity index (χ4v) is 3.38. The summed E-state index contributed by atoms with van der Waals surface area (Å²) in [5.41, 5.74) is 7.91. The molecular weight excluding hydrogens is 262 g/mol. The third-order valence-electron chi connectivity index (χ3n) is 3.40. The van der Waals surface area contributed by atoms with Gasteiger partial charge in [-0.2, -0.15) is 0 Å². The number of amides is 1. The van der Waals surface area contributed by atoms with Gasteiger partial charge in [-0.3, -0.25) is 9.00 Å². The van der Waals surface area contributed by atoms with Crippen LogP contribution in [0, 0.1) is 0 Å². The smallest absolute Gasteiger partial charge is 0.256 e. The number of rotatable bonds is 1. The van der Waals surface area contributed by atoms with Crippen molar-refractivity contribution in [1.82, 2.24) is 9.88 Å². The molecule has 2 heterocycles. The van der Waals surface area contributed by atoms with Gasteiger partial charge in [0.1, 0.15) is 0 Å². The number of H-pyrrole nitrogens is 1. The molecule has 5 nitrogen and oxygen atoms in total. The summed E-state index contributed by atoms with van der Waals surface area (Å²) in [4.78, 5) is 17.3. The van der Waals surface area contributed by atoms with Gasteiger partial charge in [0.15, 0.2) is 0 Å². The summed E-state index contributed by atoms with van der Waals surface area (Å²) >= 11 is 0. The van der Waals surface area contributed by atoms with E-state index in [0.29, 0.717) is 35.8 Å². The highest BCUT2D eigenvalue weighted by Crippen LogP contribution is 2.22. The van der Waals surface area contributed by atoms with Gasteiger partial charge >= 0.3 is 0 Å². The van der Waals surface area contributed by atoms with Gasteiger partial charge in [-0.15, -0.1) is 0 Å². The molecule has 0 saturated carbocycles. The Morgan fingerprint density at radius 2 is 2.05 bits per heavy atom. The normalized spacial score (nSPS) is 16.9. The lowest BCUT2D eigenvalue weighted by Gasteiger charge is -2.26. The van der Waals surface area contributed by atoms with E-state index in [0.717, 1.165) is 10.9 Å². The first kappa shape index (κ1) is 12.2. The quantitative estimate of drug-likeness (QED) is 0.762. The number of nitrogens with two attached hydrogens (primary N) is 1. The van der Waals surface area contributed by atoms with E-state index in [4.69, 9.17) is 5.73 Å². The molecule has 1 aliphatic rings. The van der Waals surface area contributed by atoms with Gasteiger partial charge in [-0.25, -0.2) is 0 Å². The lowest BCUT2D eigenvalue weighted by Crippen LogP contribution is -2.41. The summed E-state index contributed by atoms with van der Waals surface area (Å²) in [5.74, 6) is 1.13. The number of hydrogen-bond donors (Lipinski definition) is 2. The molecule has 0 radical (unpaired) electrons. The van der Waals surface area contributed by atoms with Crippen LogP contribution < -0.4 is 5.73 Å². The number of nitrogen functional groups attached to an aromatic ring is 1.